The Kier molecular flexibility index (Phi) is 2.71. The normalized spacial score (nSPS) is 9.75. The minimum Gasteiger partial charge on any atom is -0.396 e. The topological polar surface area (TPSA) is 83.0 Å². The average Bonchev–Trinajstić information content (AvgIpc) is 2.51. The highest BCUT2D eigenvalue weighted by atomic mass is 16.3. The fourth-order valence-electron chi connectivity index (χ4n) is 0.835. The number of hydrogen-bond acceptors (Lipinski definition) is 4. The minimum absolute atomic E-state index is 0.00301. The van der Waals surface area contributed by atoms with Gasteiger partial charge in [0.15, 0.2) is 12.1 Å². The number of H-pyrrole nitrogens is 1. The SMILES string of the molecule is O=Cc1cn[nH]c1C(=O)CCO. The van der Waals surface area contributed by atoms with Gasteiger partial charge < -0.3 is 5.11 Å². The van der Waals surface area contributed by atoms with Gasteiger partial charge in [-0.05, 0) is 0 Å². The number of aromatic amines is 1. The van der Waals surface area contributed by atoms with Gasteiger partial charge in [-0.25, -0.2) is 0 Å². The number of aliphatic hydroxyl groups excluding tert-OH is 1. The Hall–Kier alpha value is -1.49. The lowest BCUT2D eigenvalue weighted by molar-refractivity contribution is 0.0946. The molecule has 0 bridgehead atoms. The third-order valence-corrected chi connectivity index (χ3v) is 1.41. The zero-order valence-electron chi connectivity index (χ0n) is 6.28. The second-order valence-electron chi connectivity index (χ2n) is 2.21. The molecule has 12 heavy (non-hydrogen) atoms. The molecular formula is C7H8N2O3. The predicted molar refractivity (Wildman–Crippen MR) is 40.0 cm³/mol. The Labute approximate surface area is 68.4 Å². The van der Waals surface area contributed by atoms with E-state index in [1.165, 1.54) is 6.20 Å². The predicted octanol–water partition coefficient (Wildman–Crippen LogP) is -0.213. The van der Waals surface area contributed by atoms with Crippen molar-refractivity contribution in [2.45, 2.75) is 6.42 Å². The highest BCUT2D eigenvalue weighted by Gasteiger charge is 2.11. The van der Waals surface area contributed by atoms with Crippen LogP contribution in [0.25, 0.3) is 0 Å². The molecule has 0 saturated heterocycles. The lowest BCUT2D eigenvalue weighted by atomic mass is 10.1. The third-order valence-electron chi connectivity index (χ3n) is 1.41. The Balaban J connectivity index is 2.86. The largest absolute Gasteiger partial charge is 0.396 e. The van der Waals surface area contributed by atoms with Gasteiger partial charge in [0.25, 0.3) is 0 Å². The number of aldehydes is 1. The first-order valence-electron chi connectivity index (χ1n) is 3.42. The molecule has 0 fully saturated rings. The van der Waals surface area contributed by atoms with E-state index in [1.807, 2.05) is 0 Å². The second-order valence-corrected chi connectivity index (χ2v) is 2.21. The van der Waals surface area contributed by atoms with Gasteiger partial charge in [-0.15, -0.1) is 0 Å². The molecule has 0 saturated carbocycles. The molecule has 0 aliphatic carbocycles. The van der Waals surface area contributed by atoms with Crippen molar-refractivity contribution in [2.75, 3.05) is 6.61 Å². The molecule has 2 N–H and O–H groups in total. The van der Waals surface area contributed by atoms with Gasteiger partial charge in [0.1, 0.15) is 5.69 Å². The summed E-state index contributed by atoms with van der Waals surface area (Å²) in [5.74, 6) is -0.308. The van der Waals surface area contributed by atoms with Crippen molar-refractivity contribution >= 4 is 12.1 Å². The molecule has 0 spiro atoms. The van der Waals surface area contributed by atoms with E-state index in [0.29, 0.717) is 6.29 Å². The minimum atomic E-state index is -0.308. The van der Waals surface area contributed by atoms with Crippen LogP contribution in [-0.4, -0.2) is 34.0 Å². The van der Waals surface area contributed by atoms with E-state index in [9.17, 15) is 9.59 Å². The third kappa shape index (κ3) is 1.57. The maximum Gasteiger partial charge on any atom is 0.183 e. The van der Waals surface area contributed by atoms with Gasteiger partial charge in [-0.3, -0.25) is 14.7 Å². The molecule has 0 amide bonds. The van der Waals surface area contributed by atoms with Crippen LogP contribution in [0.2, 0.25) is 0 Å². The number of hydrogen-bond donors (Lipinski definition) is 2. The van der Waals surface area contributed by atoms with Gasteiger partial charge in [-0.2, -0.15) is 5.10 Å². The quantitative estimate of drug-likeness (QED) is 0.481. The molecule has 0 unspecified atom stereocenters. The summed E-state index contributed by atoms with van der Waals surface area (Å²) in [5, 5.41) is 14.4. The molecule has 5 heteroatoms. The van der Waals surface area contributed by atoms with Crippen LogP contribution < -0.4 is 0 Å². The summed E-state index contributed by atoms with van der Waals surface area (Å²) in [6.45, 7) is -0.226. The van der Waals surface area contributed by atoms with Crippen LogP contribution in [0.3, 0.4) is 0 Å². The number of aromatic nitrogens is 2. The van der Waals surface area contributed by atoms with Crippen LogP contribution >= 0.6 is 0 Å². The molecule has 0 radical (unpaired) electrons. The average molecular weight is 168 g/mol. The van der Waals surface area contributed by atoms with E-state index in [0.717, 1.165) is 0 Å². The van der Waals surface area contributed by atoms with Gasteiger partial charge in [-0.1, -0.05) is 0 Å². The van der Waals surface area contributed by atoms with Crippen molar-refractivity contribution in [3.63, 3.8) is 0 Å². The van der Waals surface area contributed by atoms with Crippen molar-refractivity contribution in [1.82, 2.24) is 10.2 Å². The van der Waals surface area contributed by atoms with Crippen LogP contribution in [0.5, 0.6) is 0 Å². The number of ketones is 1. The molecule has 64 valence electrons. The Morgan fingerprint density at radius 1 is 1.75 bits per heavy atom. The Morgan fingerprint density at radius 3 is 3.08 bits per heavy atom. The van der Waals surface area contributed by atoms with Gasteiger partial charge in [0.2, 0.25) is 0 Å². The first-order valence-corrected chi connectivity index (χ1v) is 3.42. The van der Waals surface area contributed by atoms with Crippen LogP contribution in [0.15, 0.2) is 6.20 Å². The molecule has 0 aliphatic heterocycles. The van der Waals surface area contributed by atoms with E-state index in [-0.39, 0.29) is 30.1 Å². The first-order chi connectivity index (χ1) is 5.79. The molecule has 0 atom stereocenters. The molecule has 0 aliphatic rings. The van der Waals surface area contributed by atoms with E-state index >= 15 is 0 Å². The second kappa shape index (κ2) is 3.77. The number of carbonyl (C=O) groups is 2. The number of nitrogens with zero attached hydrogens (tertiary/aromatic N) is 1. The summed E-state index contributed by atoms with van der Waals surface area (Å²) in [4.78, 5) is 21.4. The highest BCUT2D eigenvalue weighted by Crippen LogP contribution is 2.03. The number of Topliss-reactive ketones (excluding diaryl/α,β-unsaturated/α-hetero) is 1. The van der Waals surface area contributed by atoms with E-state index in [2.05, 4.69) is 10.2 Å². The smallest absolute Gasteiger partial charge is 0.183 e. The number of carbonyl (C=O) groups excluding carboxylic acids is 2. The molecule has 1 aromatic heterocycles. The van der Waals surface area contributed by atoms with Crippen molar-refractivity contribution in [3.8, 4) is 0 Å². The monoisotopic (exact) mass is 168 g/mol. The molecular weight excluding hydrogens is 160 g/mol. The number of rotatable bonds is 4. The maximum atomic E-state index is 11.1. The van der Waals surface area contributed by atoms with Crippen molar-refractivity contribution in [3.05, 3.63) is 17.5 Å². The van der Waals surface area contributed by atoms with Crippen LogP contribution in [0.4, 0.5) is 0 Å². The number of aliphatic hydroxyl groups is 1. The van der Waals surface area contributed by atoms with Crippen molar-refractivity contribution < 1.29 is 14.7 Å². The lowest BCUT2D eigenvalue weighted by Gasteiger charge is -1.93. The van der Waals surface area contributed by atoms with Crippen molar-refractivity contribution in [1.29, 1.82) is 0 Å². The summed E-state index contributed by atoms with van der Waals surface area (Å²) in [6.07, 6.45) is 1.83. The van der Waals surface area contributed by atoms with Gasteiger partial charge >= 0.3 is 0 Å². The van der Waals surface area contributed by atoms with E-state index in [1.54, 1.807) is 0 Å². The van der Waals surface area contributed by atoms with Gasteiger partial charge in [0.05, 0.1) is 18.4 Å². The zero-order chi connectivity index (χ0) is 8.97. The standard InChI is InChI=1S/C7H8N2O3/c10-2-1-6(12)7-5(4-11)3-8-9-7/h3-4,10H,1-2H2,(H,8,9). The fraction of sp³-hybridized carbons (Fsp3) is 0.286. The Morgan fingerprint density at radius 2 is 2.50 bits per heavy atom. The molecule has 5 nitrogen and oxygen atoms in total. The number of nitrogens with one attached hydrogen (secondary N) is 1. The van der Waals surface area contributed by atoms with Crippen LogP contribution in [-0.2, 0) is 0 Å². The van der Waals surface area contributed by atoms with Crippen molar-refractivity contribution in [2.24, 2.45) is 0 Å². The summed E-state index contributed by atoms with van der Waals surface area (Å²) >= 11 is 0. The molecule has 1 heterocycles. The summed E-state index contributed by atoms with van der Waals surface area (Å²) < 4.78 is 0. The fourth-order valence-corrected chi connectivity index (χ4v) is 0.835. The van der Waals surface area contributed by atoms with Crippen LogP contribution in [0, 0.1) is 0 Å². The Bertz CT molecular complexity index is 293. The summed E-state index contributed by atoms with van der Waals surface area (Å²) in [7, 11) is 0. The molecule has 1 aromatic rings. The first kappa shape index (κ1) is 8.61. The maximum absolute atomic E-state index is 11.1. The molecule has 0 aromatic carbocycles. The summed E-state index contributed by atoms with van der Waals surface area (Å²) in [6, 6.07) is 0. The van der Waals surface area contributed by atoms with Gasteiger partial charge in [0, 0.05) is 6.42 Å². The van der Waals surface area contributed by atoms with E-state index < -0.39 is 0 Å². The lowest BCUT2D eigenvalue weighted by Crippen LogP contribution is -2.04. The highest BCUT2D eigenvalue weighted by molar-refractivity contribution is 6.00. The zero-order valence-corrected chi connectivity index (χ0v) is 6.28. The van der Waals surface area contributed by atoms with E-state index in [4.69, 9.17) is 5.11 Å². The molecule has 1 rings (SSSR count). The van der Waals surface area contributed by atoms with Crippen LogP contribution in [0.1, 0.15) is 27.3 Å². The summed E-state index contributed by atoms with van der Waals surface area (Å²) in [5.41, 5.74) is 0.396.